The van der Waals surface area contributed by atoms with Crippen molar-refractivity contribution in [3.05, 3.63) is 11.6 Å². The first-order chi connectivity index (χ1) is 5.53. The van der Waals surface area contributed by atoms with Gasteiger partial charge in [-0.2, -0.15) is 0 Å². The lowest BCUT2D eigenvalue weighted by atomic mass is 10.2. The number of hydrogen-bond donors (Lipinski definition) is 1. The van der Waals surface area contributed by atoms with Crippen molar-refractivity contribution in [3.8, 4) is 0 Å². The van der Waals surface area contributed by atoms with Crippen molar-refractivity contribution in [2.75, 3.05) is 13.2 Å². The molecule has 1 rings (SSSR count). The number of ether oxygens (including phenoxy) is 2. The second-order valence-corrected chi connectivity index (χ2v) is 3.54. The summed E-state index contributed by atoms with van der Waals surface area (Å²) < 4.78 is 10.9. The van der Waals surface area contributed by atoms with E-state index in [0.29, 0.717) is 6.61 Å². The Morgan fingerprint density at radius 2 is 2.33 bits per heavy atom. The first-order valence-corrected chi connectivity index (χ1v) is 4.13. The van der Waals surface area contributed by atoms with Crippen LogP contribution in [-0.4, -0.2) is 30.2 Å². The summed E-state index contributed by atoms with van der Waals surface area (Å²) in [5.74, 6) is -0.475. The van der Waals surface area contributed by atoms with Gasteiger partial charge in [0.1, 0.15) is 6.10 Å². The van der Waals surface area contributed by atoms with Crippen LogP contribution in [0.15, 0.2) is 11.6 Å². The van der Waals surface area contributed by atoms with Crippen LogP contribution < -0.4 is 0 Å². The number of aliphatic hydroxyl groups excluding tert-OH is 1. The van der Waals surface area contributed by atoms with Crippen molar-refractivity contribution in [2.45, 2.75) is 32.7 Å². The molecule has 1 fully saturated rings. The number of rotatable bonds is 2. The van der Waals surface area contributed by atoms with Crippen molar-refractivity contribution in [2.24, 2.45) is 0 Å². The highest BCUT2D eigenvalue weighted by molar-refractivity contribution is 5.03. The summed E-state index contributed by atoms with van der Waals surface area (Å²) in [6.07, 6.45) is 1.89. The van der Waals surface area contributed by atoms with Gasteiger partial charge in [0.05, 0.1) is 13.2 Å². The largest absolute Gasteiger partial charge is 0.392 e. The Labute approximate surface area is 73.0 Å². The van der Waals surface area contributed by atoms with Gasteiger partial charge < -0.3 is 14.6 Å². The van der Waals surface area contributed by atoms with Gasteiger partial charge in [-0.1, -0.05) is 6.08 Å². The molecule has 0 aromatic carbocycles. The van der Waals surface area contributed by atoms with Crippen LogP contribution in [0.3, 0.4) is 0 Å². The molecule has 0 bridgehead atoms. The van der Waals surface area contributed by atoms with E-state index in [1.807, 2.05) is 26.8 Å². The summed E-state index contributed by atoms with van der Waals surface area (Å²) in [7, 11) is 0. The van der Waals surface area contributed by atoms with Crippen LogP contribution in [0.2, 0.25) is 0 Å². The van der Waals surface area contributed by atoms with E-state index in [9.17, 15) is 0 Å². The monoisotopic (exact) mass is 172 g/mol. The zero-order valence-electron chi connectivity index (χ0n) is 7.83. The zero-order chi connectivity index (χ0) is 9.19. The third-order valence-electron chi connectivity index (χ3n) is 1.75. The third-order valence-corrected chi connectivity index (χ3v) is 1.75. The molecule has 12 heavy (non-hydrogen) atoms. The van der Waals surface area contributed by atoms with Crippen LogP contribution >= 0.6 is 0 Å². The topological polar surface area (TPSA) is 38.7 Å². The van der Waals surface area contributed by atoms with Crippen molar-refractivity contribution in [3.63, 3.8) is 0 Å². The molecular formula is C9H16O3. The van der Waals surface area contributed by atoms with Crippen LogP contribution in [0, 0.1) is 0 Å². The number of hydrogen-bond acceptors (Lipinski definition) is 3. The average molecular weight is 172 g/mol. The molecule has 0 radical (unpaired) electrons. The van der Waals surface area contributed by atoms with Crippen molar-refractivity contribution < 1.29 is 14.6 Å². The smallest absolute Gasteiger partial charge is 0.163 e. The molecule has 1 aliphatic rings. The molecule has 1 N–H and O–H groups in total. The molecule has 1 atom stereocenters. The minimum atomic E-state index is -0.475. The molecule has 0 saturated carbocycles. The van der Waals surface area contributed by atoms with Crippen LogP contribution in [0.25, 0.3) is 0 Å². The molecule has 0 amide bonds. The average Bonchev–Trinajstić information content (AvgIpc) is 2.30. The predicted molar refractivity (Wildman–Crippen MR) is 45.7 cm³/mol. The molecule has 0 spiro atoms. The standard InChI is InChI=1S/C9H16O3/c1-7(5-10)4-8-6-11-9(2,3)12-8/h4,8,10H,5-6H2,1-3H3/b7-4+/t8-/m0/s1. The Morgan fingerprint density at radius 1 is 1.67 bits per heavy atom. The summed E-state index contributed by atoms with van der Waals surface area (Å²) in [6.45, 7) is 6.30. The molecule has 3 heteroatoms. The minimum absolute atomic E-state index is 0.00727. The van der Waals surface area contributed by atoms with Gasteiger partial charge in [0, 0.05) is 0 Å². The highest BCUT2D eigenvalue weighted by Crippen LogP contribution is 2.23. The Balaban J connectivity index is 2.48. The van der Waals surface area contributed by atoms with E-state index in [2.05, 4.69) is 0 Å². The highest BCUT2D eigenvalue weighted by atomic mass is 16.7. The molecule has 1 aliphatic heterocycles. The molecular weight excluding hydrogens is 156 g/mol. The summed E-state index contributed by atoms with van der Waals surface area (Å²) in [5, 5.41) is 8.76. The molecule has 1 saturated heterocycles. The fraction of sp³-hybridized carbons (Fsp3) is 0.778. The minimum Gasteiger partial charge on any atom is -0.392 e. The first kappa shape index (κ1) is 9.71. The van der Waals surface area contributed by atoms with E-state index < -0.39 is 5.79 Å². The first-order valence-electron chi connectivity index (χ1n) is 4.13. The van der Waals surface area contributed by atoms with E-state index >= 15 is 0 Å². The zero-order valence-corrected chi connectivity index (χ0v) is 7.83. The van der Waals surface area contributed by atoms with Gasteiger partial charge in [-0.3, -0.25) is 0 Å². The maximum absolute atomic E-state index is 8.76. The van der Waals surface area contributed by atoms with Crippen LogP contribution in [0.5, 0.6) is 0 Å². The Morgan fingerprint density at radius 3 is 2.75 bits per heavy atom. The highest BCUT2D eigenvalue weighted by Gasteiger charge is 2.31. The van der Waals surface area contributed by atoms with Gasteiger partial charge >= 0.3 is 0 Å². The van der Waals surface area contributed by atoms with E-state index in [1.54, 1.807) is 0 Å². The molecule has 0 aromatic heterocycles. The van der Waals surface area contributed by atoms with E-state index in [1.165, 1.54) is 0 Å². The van der Waals surface area contributed by atoms with E-state index in [-0.39, 0.29) is 12.7 Å². The lowest BCUT2D eigenvalue weighted by molar-refractivity contribution is -0.133. The van der Waals surface area contributed by atoms with Crippen LogP contribution in [-0.2, 0) is 9.47 Å². The SMILES string of the molecule is C/C(=C\[C@H]1COC(C)(C)O1)CO. The third kappa shape index (κ3) is 2.59. The van der Waals surface area contributed by atoms with Crippen molar-refractivity contribution in [1.29, 1.82) is 0 Å². The van der Waals surface area contributed by atoms with Gasteiger partial charge in [-0.15, -0.1) is 0 Å². The van der Waals surface area contributed by atoms with E-state index in [4.69, 9.17) is 14.6 Å². The van der Waals surface area contributed by atoms with Crippen LogP contribution in [0.1, 0.15) is 20.8 Å². The molecule has 70 valence electrons. The summed E-state index contributed by atoms with van der Waals surface area (Å²) in [5.41, 5.74) is 0.918. The van der Waals surface area contributed by atoms with E-state index in [0.717, 1.165) is 5.57 Å². The fourth-order valence-corrected chi connectivity index (χ4v) is 1.17. The molecule has 3 nitrogen and oxygen atoms in total. The second kappa shape index (κ2) is 3.56. The Hall–Kier alpha value is -0.380. The van der Waals surface area contributed by atoms with Gasteiger partial charge in [-0.25, -0.2) is 0 Å². The predicted octanol–water partition coefficient (Wildman–Crippen LogP) is 1.08. The van der Waals surface area contributed by atoms with Crippen LogP contribution in [0.4, 0.5) is 0 Å². The Kier molecular flexibility index (Phi) is 2.88. The molecule has 0 unspecified atom stereocenters. The lowest BCUT2D eigenvalue weighted by Gasteiger charge is -2.15. The van der Waals surface area contributed by atoms with Gasteiger partial charge in [0.25, 0.3) is 0 Å². The van der Waals surface area contributed by atoms with Gasteiger partial charge in [0.15, 0.2) is 5.79 Å². The molecule has 0 aromatic rings. The number of aliphatic hydroxyl groups is 1. The fourth-order valence-electron chi connectivity index (χ4n) is 1.17. The maximum atomic E-state index is 8.76. The quantitative estimate of drug-likeness (QED) is 0.633. The van der Waals surface area contributed by atoms with Gasteiger partial charge in [0.2, 0.25) is 0 Å². The maximum Gasteiger partial charge on any atom is 0.163 e. The van der Waals surface area contributed by atoms with Gasteiger partial charge in [-0.05, 0) is 26.3 Å². The Bertz CT molecular complexity index is 184. The van der Waals surface area contributed by atoms with Crippen molar-refractivity contribution >= 4 is 0 Å². The normalized spacial score (nSPS) is 29.3. The lowest BCUT2D eigenvalue weighted by Crippen LogP contribution is -2.20. The summed E-state index contributed by atoms with van der Waals surface area (Å²) >= 11 is 0. The summed E-state index contributed by atoms with van der Waals surface area (Å²) in [4.78, 5) is 0. The second-order valence-electron chi connectivity index (χ2n) is 3.54. The molecule has 1 heterocycles. The summed E-state index contributed by atoms with van der Waals surface area (Å²) in [6, 6.07) is 0. The molecule has 0 aliphatic carbocycles. The van der Waals surface area contributed by atoms with Crippen molar-refractivity contribution in [1.82, 2.24) is 0 Å².